The molecule has 1 heterocycles. The van der Waals surface area contributed by atoms with Gasteiger partial charge in [0.2, 0.25) is 5.91 Å². The first kappa shape index (κ1) is 19.0. The Morgan fingerprint density at radius 2 is 1.89 bits per heavy atom. The van der Waals surface area contributed by atoms with Crippen LogP contribution in [0.5, 0.6) is 0 Å². The summed E-state index contributed by atoms with van der Waals surface area (Å²) in [7, 11) is 0. The standard InChI is InChI=1S/C21H23FN2O3/c1-15-6-2-4-8-17(15)21(27)11-13-24(14-21)19(25)10-12-23-20(26)16-7-3-5-9-18(16)22/h2-9,27H,10-14H2,1H3,(H,23,26). The minimum Gasteiger partial charge on any atom is -0.383 e. The van der Waals surface area contributed by atoms with Gasteiger partial charge in [0.1, 0.15) is 11.4 Å². The van der Waals surface area contributed by atoms with Crippen LogP contribution in [0.25, 0.3) is 0 Å². The number of nitrogens with zero attached hydrogens (tertiary/aromatic N) is 1. The van der Waals surface area contributed by atoms with Crippen molar-refractivity contribution in [1.82, 2.24) is 10.2 Å². The Hall–Kier alpha value is -2.73. The second-order valence-corrected chi connectivity index (χ2v) is 6.90. The molecule has 1 aliphatic heterocycles. The van der Waals surface area contributed by atoms with E-state index in [4.69, 9.17) is 0 Å². The molecule has 0 saturated carbocycles. The van der Waals surface area contributed by atoms with Crippen molar-refractivity contribution >= 4 is 11.8 Å². The van der Waals surface area contributed by atoms with Crippen molar-refractivity contribution in [3.63, 3.8) is 0 Å². The van der Waals surface area contributed by atoms with Gasteiger partial charge in [-0.15, -0.1) is 0 Å². The van der Waals surface area contributed by atoms with E-state index in [0.29, 0.717) is 13.0 Å². The van der Waals surface area contributed by atoms with Crippen LogP contribution in [0, 0.1) is 12.7 Å². The molecule has 27 heavy (non-hydrogen) atoms. The molecule has 2 amide bonds. The Morgan fingerprint density at radius 3 is 2.63 bits per heavy atom. The van der Waals surface area contributed by atoms with Crippen LogP contribution >= 0.6 is 0 Å². The molecule has 0 radical (unpaired) electrons. The summed E-state index contributed by atoms with van der Waals surface area (Å²) in [5.74, 6) is -1.28. The van der Waals surface area contributed by atoms with E-state index >= 15 is 0 Å². The lowest BCUT2D eigenvalue weighted by atomic mass is 9.89. The Morgan fingerprint density at radius 1 is 1.19 bits per heavy atom. The van der Waals surface area contributed by atoms with Crippen LogP contribution in [-0.4, -0.2) is 41.5 Å². The lowest BCUT2D eigenvalue weighted by molar-refractivity contribution is -0.131. The van der Waals surface area contributed by atoms with Gasteiger partial charge >= 0.3 is 0 Å². The number of aliphatic hydroxyl groups is 1. The summed E-state index contributed by atoms with van der Waals surface area (Å²) in [6, 6.07) is 13.3. The van der Waals surface area contributed by atoms with Crippen LogP contribution < -0.4 is 5.32 Å². The number of likely N-dealkylation sites (tertiary alicyclic amines) is 1. The molecule has 1 aliphatic rings. The van der Waals surface area contributed by atoms with Gasteiger partial charge in [0.15, 0.2) is 0 Å². The number of β-amino-alcohol motifs (C(OH)–C–C–N with tert-alkyl or cyclic N) is 1. The van der Waals surface area contributed by atoms with Crippen LogP contribution in [0.2, 0.25) is 0 Å². The molecule has 6 heteroatoms. The molecule has 1 unspecified atom stereocenters. The van der Waals surface area contributed by atoms with Gasteiger partial charge in [-0.1, -0.05) is 36.4 Å². The van der Waals surface area contributed by atoms with Crippen LogP contribution in [-0.2, 0) is 10.4 Å². The average Bonchev–Trinajstić information content (AvgIpc) is 3.05. The van der Waals surface area contributed by atoms with E-state index < -0.39 is 17.3 Å². The Labute approximate surface area is 157 Å². The number of amides is 2. The third-order valence-corrected chi connectivity index (χ3v) is 4.99. The number of halogens is 1. The summed E-state index contributed by atoms with van der Waals surface area (Å²) in [6.45, 7) is 2.75. The molecule has 2 N–H and O–H groups in total. The Balaban J connectivity index is 1.53. The molecule has 142 valence electrons. The highest BCUT2D eigenvalue weighted by Crippen LogP contribution is 2.33. The zero-order valence-corrected chi connectivity index (χ0v) is 15.2. The lowest BCUT2D eigenvalue weighted by Crippen LogP contribution is -2.36. The number of carbonyl (C=O) groups excluding carboxylic acids is 2. The van der Waals surface area contributed by atoms with Crippen molar-refractivity contribution in [2.24, 2.45) is 0 Å². The second-order valence-electron chi connectivity index (χ2n) is 6.90. The van der Waals surface area contributed by atoms with Crippen molar-refractivity contribution in [3.05, 3.63) is 71.0 Å². The van der Waals surface area contributed by atoms with Gasteiger partial charge in [-0.3, -0.25) is 9.59 Å². The molecule has 2 aromatic rings. The number of carbonyl (C=O) groups is 2. The first-order valence-corrected chi connectivity index (χ1v) is 9.00. The molecule has 5 nitrogen and oxygen atoms in total. The minimum atomic E-state index is -1.04. The fourth-order valence-corrected chi connectivity index (χ4v) is 3.50. The highest BCUT2D eigenvalue weighted by Gasteiger charge is 2.40. The van der Waals surface area contributed by atoms with E-state index in [-0.39, 0.29) is 31.0 Å². The summed E-state index contributed by atoms with van der Waals surface area (Å²) < 4.78 is 13.6. The van der Waals surface area contributed by atoms with Crippen LogP contribution in [0.3, 0.4) is 0 Å². The number of hydrogen-bond acceptors (Lipinski definition) is 3. The third-order valence-electron chi connectivity index (χ3n) is 4.99. The monoisotopic (exact) mass is 370 g/mol. The number of benzene rings is 2. The maximum Gasteiger partial charge on any atom is 0.254 e. The maximum absolute atomic E-state index is 13.6. The van der Waals surface area contributed by atoms with E-state index in [1.807, 2.05) is 31.2 Å². The van der Waals surface area contributed by atoms with Crippen LogP contribution in [0.15, 0.2) is 48.5 Å². The average molecular weight is 370 g/mol. The molecule has 0 aliphatic carbocycles. The van der Waals surface area contributed by atoms with Gasteiger partial charge in [0, 0.05) is 19.5 Å². The van der Waals surface area contributed by atoms with Gasteiger partial charge in [0.05, 0.1) is 12.1 Å². The summed E-state index contributed by atoms with van der Waals surface area (Å²) in [5, 5.41) is 13.5. The van der Waals surface area contributed by atoms with E-state index in [0.717, 1.165) is 11.1 Å². The molecule has 1 atom stereocenters. The zero-order chi connectivity index (χ0) is 19.4. The van der Waals surface area contributed by atoms with Crippen LogP contribution in [0.1, 0.15) is 34.3 Å². The van der Waals surface area contributed by atoms with Crippen molar-refractivity contribution in [2.75, 3.05) is 19.6 Å². The maximum atomic E-state index is 13.6. The van der Waals surface area contributed by atoms with Gasteiger partial charge in [-0.05, 0) is 36.6 Å². The van der Waals surface area contributed by atoms with Gasteiger partial charge in [-0.2, -0.15) is 0 Å². The highest BCUT2D eigenvalue weighted by atomic mass is 19.1. The van der Waals surface area contributed by atoms with Crippen LogP contribution in [0.4, 0.5) is 4.39 Å². The van der Waals surface area contributed by atoms with Crippen molar-refractivity contribution < 1.29 is 19.1 Å². The lowest BCUT2D eigenvalue weighted by Gasteiger charge is -2.25. The van der Waals surface area contributed by atoms with E-state index in [9.17, 15) is 19.1 Å². The third kappa shape index (κ3) is 4.17. The number of rotatable bonds is 5. The molecule has 0 aromatic heterocycles. The van der Waals surface area contributed by atoms with Crippen molar-refractivity contribution in [2.45, 2.75) is 25.4 Å². The quantitative estimate of drug-likeness (QED) is 0.849. The molecular formula is C21H23FN2O3. The predicted molar refractivity (Wildman–Crippen MR) is 99.6 cm³/mol. The summed E-state index contributed by atoms with van der Waals surface area (Å²) >= 11 is 0. The molecule has 1 fully saturated rings. The summed E-state index contributed by atoms with van der Waals surface area (Å²) in [4.78, 5) is 26.0. The fourth-order valence-electron chi connectivity index (χ4n) is 3.50. The highest BCUT2D eigenvalue weighted by molar-refractivity contribution is 5.94. The fraction of sp³-hybridized carbons (Fsp3) is 0.333. The minimum absolute atomic E-state index is 0.0416. The second kappa shape index (κ2) is 7.88. The largest absolute Gasteiger partial charge is 0.383 e. The predicted octanol–water partition coefficient (Wildman–Crippen LogP) is 2.37. The van der Waals surface area contributed by atoms with Gasteiger partial charge < -0.3 is 15.3 Å². The van der Waals surface area contributed by atoms with E-state index in [1.165, 1.54) is 18.2 Å². The smallest absolute Gasteiger partial charge is 0.254 e. The molecule has 0 bridgehead atoms. The van der Waals surface area contributed by atoms with Crippen molar-refractivity contribution in [1.29, 1.82) is 0 Å². The Kier molecular flexibility index (Phi) is 5.56. The molecular weight excluding hydrogens is 347 g/mol. The molecule has 3 rings (SSSR count). The van der Waals surface area contributed by atoms with E-state index in [2.05, 4.69) is 5.32 Å². The Bertz CT molecular complexity index is 855. The molecule has 0 spiro atoms. The van der Waals surface area contributed by atoms with Gasteiger partial charge in [-0.25, -0.2) is 4.39 Å². The summed E-state index contributed by atoms with van der Waals surface area (Å²) in [6.07, 6.45) is 0.579. The first-order chi connectivity index (χ1) is 12.9. The zero-order valence-electron chi connectivity index (χ0n) is 15.2. The normalized spacial score (nSPS) is 19.1. The number of aryl methyl sites for hydroxylation is 1. The number of nitrogens with one attached hydrogen (secondary N) is 1. The molecule has 2 aromatic carbocycles. The summed E-state index contributed by atoms with van der Waals surface area (Å²) in [5.41, 5.74) is 0.747. The molecule has 1 saturated heterocycles. The van der Waals surface area contributed by atoms with E-state index in [1.54, 1.807) is 11.0 Å². The topological polar surface area (TPSA) is 69.6 Å². The number of hydrogen-bond donors (Lipinski definition) is 2. The first-order valence-electron chi connectivity index (χ1n) is 9.00. The van der Waals surface area contributed by atoms with Gasteiger partial charge in [0.25, 0.3) is 5.91 Å². The van der Waals surface area contributed by atoms with Crippen molar-refractivity contribution in [3.8, 4) is 0 Å². The SMILES string of the molecule is Cc1ccccc1C1(O)CCN(C(=O)CCNC(=O)c2ccccc2F)C1.